The smallest absolute Gasteiger partial charge is 1.00 e. The zero-order chi connectivity index (χ0) is 17.7. The largest absolute Gasteiger partial charge is 6.00 e. The Kier molecular flexibility index (Phi) is 83.1. The van der Waals surface area contributed by atoms with Crippen LogP contribution in [0.3, 0.4) is 0 Å². The summed E-state index contributed by atoms with van der Waals surface area (Å²) in [7, 11) is 0. The summed E-state index contributed by atoms with van der Waals surface area (Å²) in [6.07, 6.45) is 0. The van der Waals surface area contributed by atoms with E-state index in [4.69, 9.17) is 51.1 Å². The fourth-order valence-electron chi connectivity index (χ4n) is 0. The molecule has 0 amide bonds. The molecule has 0 aliphatic carbocycles. The van der Waals surface area contributed by atoms with E-state index in [-0.39, 0.29) is 61.1 Å². The molecule has 0 saturated heterocycles. The number of carbonyl (C=O) groups is 4. The van der Waals surface area contributed by atoms with Gasteiger partial charge in [-0.2, -0.15) is 13.1 Å². The van der Waals surface area contributed by atoms with Gasteiger partial charge in [0.1, 0.15) is 0 Å². The van der Waals surface area contributed by atoms with Crippen LogP contribution in [0.1, 0.15) is 1.43 Å². The van der Waals surface area contributed by atoms with Crippen molar-refractivity contribution in [2.24, 2.45) is 0 Å². The van der Waals surface area contributed by atoms with Crippen LogP contribution in [-0.4, -0.2) is 57.4 Å². The summed E-state index contributed by atoms with van der Waals surface area (Å²) in [5, 5.41) is 29.2. The first-order valence-corrected chi connectivity index (χ1v) is 4.33. The van der Waals surface area contributed by atoms with E-state index in [2.05, 4.69) is 27.7 Å². The van der Waals surface area contributed by atoms with Crippen LogP contribution in [0.25, 0.3) is 11.5 Å². The average Bonchev–Trinajstić information content (AvgIpc) is 2.13. The molecular formula is C10H19FeN2NaO8. The molecule has 0 spiro atoms. The molecule has 22 heavy (non-hydrogen) atoms. The third-order valence-corrected chi connectivity index (χ3v) is 0.125. The molecule has 0 saturated carbocycles. The Morgan fingerprint density at radius 2 is 0.727 bits per heavy atom. The monoisotopic (exact) mass is 374 g/mol. The topological polar surface area (TPSA) is 197 Å². The van der Waals surface area contributed by atoms with E-state index in [9.17, 15) is 0 Å². The third kappa shape index (κ3) is 148000. The van der Waals surface area contributed by atoms with Gasteiger partial charge in [0, 0.05) is 0 Å². The summed E-state index contributed by atoms with van der Waals surface area (Å²) in [4.78, 5) is 35.6. The summed E-state index contributed by atoms with van der Waals surface area (Å²) in [6, 6.07) is 0. The van der Waals surface area contributed by atoms with E-state index in [0.717, 1.165) is 0 Å². The van der Waals surface area contributed by atoms with Gasteiger partial charge < -0.3 is 33.3 Å². The Labute approximate surface area is 163 Å². The Morgan fingerprint density at radius 1 is 0.682 bits per heavy atom. The van der Waals surface area contributed by atoms with Gasteiger partial charge >= 0.3 is 46.6 Å². The third-order valence-electron chi connectivity index (χ3n) is 0.125. The van der Waals surface area contributed by atoms with Gasteiger partial charge in [-0.25, -0.2) is 0 Å². The van der Waals surface area contributed by atoms with Crippen LogP contribution in [0.5, 0.6) is 0 Å². The maximum Gasteiger partial charge on any atom is 6.00 e. The molecule has 0 aliphatic heterocycles. The summed E-state index contributed by atoms with van der Waals surface area (Å²) >= 11 is 0. The Balaban J connectivity index is -0.0000000197. The fourth-order valence-corrected chi connectivity index (χ4v) is 0. The first kappa shape index (κ1) is 42.8. The van der Waals surface area contributed by atoms with E-state index < -0.39 is 23.9 Å². The van der Waals surface area contributed by atoms with Crippen LogP contribution in [0.2, 0.25) is 0 Å². The molecule has 12 heteroatoms. The van der Waals surface area contributed by atoms with E-state index in [1.54, 1.807) is 0 Å². The zero-order valence-electron chi connectivity index (χ0n) is 13.0. The van der Waals surface area contributed by atoms with Crippen LogP contribution in [0.15, 0.2) is 0 Å². The van der Waals surface area contributed by atoms with Crippen LogP contribution in [0.4, 0.5) is 0 Å². The van der Waals surface area contributed by atoms with Crippen molar-refractivity contribution >= 4 is 23.9 Å². The van der Waals surface area contributed by atoms with E-state index >= 15 is 0 Å². The molecule has 0 heterocycles. The van der Waals surface area contributed by atoms with Crippen molar-refractivity contribution in [2.45, 2.75) is 0 Å². The van der Waals surface area contributed by atoms with Gasteiger partial charge in [-0.3, -0.25) is 46.9 Å². The molecular weight excluding hydrogens is 355 g/mol. The van der Waals surface area contributed by atoms with Gasteiger partial charge in [0.15, 0.2) is 23.9 Å². The fraction of sp³-hybridized carbons (Fsp3) is 0.200. The van der Waals surface area contributed by atoms with Crippen molar-refractivity contribution in [3.63, 3.8) is 0 Å². The van der Waals surface area contributed by atoms with Gasteiger partial charge in [-0.1, -0.05) is 0 Å². The van der Waals surface area contributed by atoms with Crippen LogP contribution in [-0.2, 0) is 36.2 Å². The van der Waals surface area contributed by atoms with E-state index in [1.165, 1.54) is 0 Å². The molecule has 0 aromatic rings. The van der Waals surface area contributed by atoms with Crippen molar-refractivity contribution in [3.8, 4) is 0 Å². The van der Waals surface area contributed by atoms with Gasteiger partial charge in [0.05, 0.1) is 0 Å². The summed E-state index contributed by atoms with van der Waals surface area (Å²) in [6.45, 7) is 10.7. The minimum atomic E-state index is -1.08. The standard InChI is InChI=1S/C2H6N2.4C2H3O2.Fe.Na.H/c3-1-2-4;4*1-2(3)4;;;/h3-4H,1-2H2;4*1H2,(H,3,4);;;/q-2;4*-1;+6;+1;-1. The summed E-state index contributed by atoms with van der Waals surface area (Å²) in [5.74, 6) is -4.33. The Bertz CT molecular complexity index is 207. The molecule has 0 aromatic carbocycles. The Hall–Kier alpha value is -1.20. The molecule has 0 bridgehead atoms. The number of hydrogen-bond donors (Lipinski definition) is 4. The van der Waals surface area contributed by atoms with E-state index in [0.29, 0.717) is 0 Å². The first-order valence-electron chi connectivity index (χ1n) is 4.33. The molecule has 0 rings (SSSR count). The van der Waals surface area contributed by atoms with Gasteiger partial charge in [-0.05, 0) is 0 Å². The van der Waals surface area contributed by atoms with Crippen molar-refractivity contribution in [1.82, 2.24) is 0 Å². The van der Waals surface area contributed by atoms with Crippen molar-refractivity contribution in [3.05, 3.63) is 39.2 Å². The molecule has 0 radical (unpaired) electrons. The number of aliphatic carboxylic acids is 4. The Morgan fingerprint density at radius 3 is 0.727 bits per heavy atom. The zero-order valence-corrected chi connectivity index (χ0v) is 15.1. The van der Waals surface area contributed by atoms with Gasteiger partial charge in [-0.15, -0.1) is 0 Å². The molecule has 10 nitrogen and oxygen atoms in total. The molecule has 0 unspecified atom stereocenters. The number of nitrogens with one attached hydrogen (secondary N) is 2. The second-order valence-corrected chi connectivity index (χ2v) is 2.07. The summed E-state index contributed by atoms with van der Waals surface area (Å²) < 4.78 is 0. The van der Waals surface area contributed by atoms with Crippen LogP contribution >= 0.6 is 0 Å². The number of carboxylic acids is 4. The minimum Gasteiger partial charge on any atom is -1.00 e. The predicted octanol–water partition coefficient (Wildman–Crippen LogP) is -2.17. The normalized spacial score (nSPS) is 5.73. The molecule has 126 valence electrons. The molecule has 0 aromatic heterocycles. The predicted molar refractivity (Wildman–Crippen MR) is 71.5 cm³/mol. The first-order chi connectivity index (χ1) is 8.84. The number of hydrogen-bond acceptors (Lipinski definition) is 4. The van der Waals surface area contributed by atoms with Crippen molar-refractivity contribution < 1.29 is 87.7 Å². The number of carboxylic acid groups (broad SMARTS) is 4. The van der Waals surface area contributed by atoms with Crippen LogP contribution < -0.4 is 29.6 Å². The molecule has 0 atom stereocenters. The van der Waals surface area contributed by atoms with Gasteiger partial charge in [0.2, 0.25) is 0 Å². The SMILES string of the molecule is [CH2-]C(=O)O.[CH2-]C(=O)O.[CH2-]C(=O)O.[CH2-]C(=O)O.[Fe+6].[H-].[NH-]CC[NH-].[Na+]. The average molecular weight is 374 g/mol. The van der Waals surface area contributed by atoms with Crippen LogP contribution in [0, 0.1) is 27.7 Å². The van der Waals surface area contributed by atoms with Crippen molar-refractivity contribution in [2.75, 3.05) is 13.1 Å². The summed E-state index contributed by atoms with van der Waals surface area (Å²) in [5.41, 5.74) is 12.5. The quantitative estimate of drug-likeness (QED) is 0.293. The van der Waals surface area contributed by atoms with Gasteiger partial charge in [0.25, 0.3) is 0 Å². The number of rotatable bonds is 1. The molecule has 0 aliphatic rings. The molecule has 0 fully saturated rings. The second kappa shape index (κ2) is 42.7. The van der Waals surface area contributed by atoms with E-state index in [1.807, 2.05) is 0 Å². The van der Waals surface area contributed by atoms with Crippen molar-refractivity contribution in [1.29, 1.82) is 0 Å². The maximum atomic E-state index is 8.89. The minimum absolute atomic E-state index is 0. The second-order valence-electron chi connectivity index (χ2n) is 2.07. The maximum absolute atomic E-state index is 8.89. The molecule has 6 N–H and O–H groups in total.